The molecule has 0 aliphatic carbocycles. The van der Waals surface area contributed by atoms with E-state index in [-0.39, 0.29) is 24.8 Å². The van der Waals surface area contributed by atoms with Crippen LogP contribution in [-0.4, -0.2) is 48.0 Å². The fourth-order valence-corrected chi connectivity index (χ4v) is 3.54. The van der Waals surface area contributed by atoms with Crippen LogP contribution in [0.5, 0.6) is 11.5 Å². The lowest BCUT2D eigenvalue weighted by Gasteiger charge is -2.38. The van der Waals surface area contributed by atoms with E-state index in [1.165, 1.54) is 29.0 Å². The number of amides is 2. The number of carbonyl (C=O) groups is 1. The molecule has 0 fully saturated rings. The number of aromatic nitrogens is 2. The van der Waals surface area contributed by atoms with Crippen molar-refractivity contribution in [1.82, 2.24) is 9.97 Å². The molecule has 0 saturated carbocycles. The van der Waals surface area contributed by atoms with Gasteiger partial charge in [0.25, 0.3) is 0 Å². The minimum Gasteiger partial charge on any atom is -0.497 e. The summed E-state index contributed by atoms with van der Waals surface area (Å²) in [6.45, 7) is 1.47. The van der Waals surface area contributed by atoms with E-state index in [4.69, 9.17) is 9.47 Å². The zero-order valence-corrected chi connectivity index (χ0v) is 18.4. The number of rotatable bonds is 7. The van der Waals surface area contributed by atoms with E-state index < -0.39 is 17.9 Å². The SMILES string of the molecule is COc1ccc(Nc2ncc3c(n2)N(C(C)CO)C(=O)N(c2ccc(OC)cc2F)C3)cc1. The topological polar surface area (TPSA) is 100 Å². The summed E-state index contributed by atoms with van der Waals surface area (Å²) in [5.41, 5.74) is 1.45. The second-order valence-electron chi connectivity index (χ2n) is 7.48. The van der Waals surface area contributed by atoms with Crippen LogP contribution in [0.15, 0.2) is 48.7 Å². The molecule has 9 nitrogen and oxygen atoms in total. The molecular formula is C23H24FN5O4. The molecule has 0 radical (unpaired) electrons. The summed E-state index contributed by atoms with van der Waals surface area (Å²) in [6.07, 6.45) is 1.59. The monoisotopic (exact) mass is 453 g/mol. The molecule has 10 heteroatoms. The average Bonchev–Trinajstić information content (AvgIpc) is 2.84. The molecule has 1 aromatic heterocycles. The van der Waals surface area contributed by atoms with Crippen LogP contribution in [0.4, 0.5) is 32.3 Å². The molecule has 0 spiro atoms. The summed E-state index contributed by atoms with van der Waals surface area (Å²) in [5, 5.41) is 12.9. The van der Waals surface area contributed by atoms with Gasteiger partial charge in [0, 0.05) is 23.5 Å². The van der Waals surface area contributed by atoms with E-state index >= 15 is 0 Å². The van der Waals surface area contributed by atoms with Crippen LogP contribution in [0.1, 0.15) is 12.5 Å². The molecule has 1 aliphatic heterocycles. The summed E-state index contributed by atoms with van der Waals surface area (Å²) in [6, 6.07) is 10.4. The molecule has 33 heavy (non-hydrogen) atoms. The molecule has 4 rings (SSSR count). The Balaban J connectivity index is 1.69. The quantitative estimate of drug-likeness (QED) is 0.563. The minimum absolute atomic E-state index is 0.0783. The number of nitrogens with zero attached hydrogens (tertiary/aromatic N) is 4. The van der Waals surface area contributed by atoms with Gasteiger partial charge in [0.2, 0.25) is 5.95 Å². The van der Waals surface area contributed by atoms with Crippen LogP contribution in [0.3, 0.4) is 0 Å². The molecule has 0 bridgehead atoms. The lowest BCUT2D eigenvalue weighted by Crippen LogP contribution is -2.53. The lowest BCUT2D eigenvalue weighted by molar-refractivity contribution is 0.234. The fourth-order valence-electron chi connectivity index (χ4n) is 3.54. The Morgan fingerprint density at radius 3 is 2.48 bits per heavy atom. The van der Waals surface area contributed by atoms with Crippen molar-refractivity contribution in [1.29, 1.82) is 0 Å². The average molecular weight is 453 g/mol. The van der Waals surface area contributed by atoms with Gasteiger partial charge in [-0.3, -0.25) is 9.80 Å². The Hall–Kier alpha value is -3.92. The molecule has 2 amide bonds. The van der Waals surface area contributed by atoms with E-state index in [0.717, 1.165) is 5.69 Å². The summed E-state index contributed by atoms with van der Waals surface area (Å²) in [7, 11) is 3.03. The molecule has 0 saturated heterocycles. The third-order valence-electron chi connectivity index (χ3n) is 5.33. The van der Waals surface area contributed by atoms with Crippen molar-refractivity contribution >= 4 is 29.2 Å². The van der Waals surface area contributed by atoms with Crippen LogP contribution < -0.4 is 24.6 Å². The number of nitrogens with one attached hydrogen (secondary N) is 1. The van der Waals surface area contributed by atoms with E-state index in [0.29, 0.717) is 22.9 Å². The zero-order chi connectivity index (χ0) is 23.5. The molecule has 1 unspecified atom stereocenters. The number of halogens is 1. The fraction of sp³-hybridized carbons (Fsp3) is 0.261. The van der Waals surface area contributed by atoms with Gasteiger partial charge >= 0.3 is 6.03 Å². The molecule has 2 heterocycles. The summed E-state index contributed by atoms with van der Waals surface area (Å²) < 4.78 is 25.0. The van der Waals surface area contributed by atoms with Gasteiger partial charge < -0.3 is 19.9 Å². The lowest BCUT2D eigenvalue weighted by atomic mass is 10.1. The molecule has 2 N–H and O–H groups in total. The number of benzene rings is 2. The maximum atomic E-state index is 14.7. The van der Waals surface area contributed by atoms with Gasteiger partial charge in [-0.1, -0.05) is 0 Å². The number of carbonyl (C=O) groups excluding carboxylic acids is 1. The number of aliphatic hydroxyl groups is 1. The standard InChI is InChI=1S/C23H24FN5O4/c1-14(13-30)29-21-15(11-25-22(27-21)26-16-4-6-17(32-2)7-5-16)12-28(23(29)31)20-9-8-18(33-3)10-19(20)24/h4-11,14,30H,12-13H2,1-3H3,(H,25,26,27). The van der Waals surface area contributed by atoms with Crippen molar-refractivity contribution in [3.05, 3.63) is 60.0 Å². The van der Waals surface area contributed by atoms with Gasteiger partial charge in [0.05, 0.1) is 39.1 Å². The predicted octanol–water partition coefficient (Wildman–Crippen LogP) is 3.70. The Bertz CT molecular complexity index is 1160. The Kier molecular flexibility index (Phi) is 6.27. The van der Waals surface area contributed by atoms with E-state index in [2.05, 4.69) is 15.3 Å². The van der Waals surface area contributed by atoms with Crippen molar-refractivity contribution < 1.29 is 23.8 Å². The first kappa shape index (κ1) is 22.3. The largest absolute Gasteiger partial charge is 0.497 e. The predicted molar refractivity (Wildman–Crippen MR) is 122 cm³/mol. The smallest absolute Gasteiger partial charge is 0.330 e. The molecule has 1 atom stereocenters. The molecule has 1 aliphatic rings. The highest BCUT2D eigenvalue weighted by Gasteiger charge is 2.36. The maximum Gasteiger partial charge on any atom is 0.330 e. The van der Waals surface area contributed by atoms with Crippen molar-refractivity contribution in [2.75, 3.05) is 35.9 Å². The van der Waals surface area contributed by atoms with Gasteiger partial charge in [-0.2, -0.15) is 4.98 Å². The molecule has 172 valence electrons. The van der Waals surface area contributed by atoms with Crippen LogP contribution >= 0.6 is 0 Å². The van der Waals surface area contributed by atoms with Crippen molar-refractivity contribution in [3.8, 4) is 11.5 Å². The van der Waals surface area contributed by atoms with Gasteiger partial charge in [-0.25, -0.2) is 14.2 Å². The summed E-state index contributed by atoms with van der Waals surface area (Å²) in [4.78, 5) is 24.9. The molecular weight excluding hydrogens is 429 g/mol. The van der Waals surface area contributed by atoms with Crippen LogP contribution in [-0.2, 0) is 6.54 Å². The van der Waals surface area contributed by atoms with Gasteiger partial charge in [0.15, 0.2) is 5.82 Å². The van der Waals surface area contributed by atoms with Crippen molar-refractivity contribution in [3.63, 3.8) is 0 Å². The highest BCUT2D eigenvalue weighted by Crippen LogP contribution is 2.34. The van der Waals surface area contributed by atoms with E-state index in [1.807, 2.05) is 12.1 Å². The number of fused-ring (bicyclic) bond motifs is 1. The second kappa shape index (κ2) is 9.29. The maximum absolute atomic E-state index is 14.7. The number of hydrogen-bond acceptors (Lipinski definition) is 7. The molecule has 3 aromatic rings. The van der Waals surface area contributed by atoms with Gasteiger partial charge in [0.1, 0.15) is 17.3 Å². The minimum atomic E-state index is -0.596. The van der Waals surface area contributed by atoms with Crippen molar-refractivity contribution in [2.24, 2.45) is 0 Å². The number of methoxy groups -OCH3 is 2. The van der Waals surface area contributed by atoms with Crippen LogP contribution in [0.2, 0.25) is 0 Å². The van der Waals surface area contributed by atoms with Crippen molar-refractivity contribution in [2.45, 2.75) is 19.5 Å². The first-order chi connectivity index (χ1) is 15.9. The number of anilines is 4. The van der Waals surface area contributed by atoms with Gasteiger partial charge in [-0.15, -0.1) is 0 Å². The van der Waals surface area contributed by atoms with E-state index in [1.54, 1.807) is 38.4 Å². The van der Waals surface area contributed by atoms with Gasteiger partial charge in [-0.05, 0) is 43.3 Å². The third kappa shape index (κ3) is 4.37. The molecule has 2 aromatic carbocycles. The zero-order valence-electron chi connectivity index (χ0n) is 18.4. The van der Waals surface area contributed by atoms with Crippen LogP contribution in [0, 0.1) is 5.82 Å². The number of hydrogen-bond donors (Lipinski definition) is 2. The Labute approximate surface area is 190 Å². The summed E-state index contributed by atoms with van der Waals surface area (Å²) in [5.74, 6) is 1.11. The third-order valence-corrected chi connectivity index (χ3v) is 5.33. The first-order valence-electron chi connectivity index (χ1n) is 10.3. The number of ether oxygens (including phenoxy) is 2. The highest BCUT2D eigenvalue weighted by atomic mass is 19.1. The first-order valence-corrected chi connectivity index (χ1v) is 10.3. The Morgan fingerprint density at radius 1 is 1.15 bits per heavy atom. The normalized spacial score (nSPS) is 14.0. The number of aliphatic hydroxyl groups excluding tert-OH is 1. The second-order valence-corrected chi connectivity index (χ2v) is 7.48. The summed E-state index contributed by atoms with van der Waals surface area (Å²) >= 11 is 0. The number of urea groups is 1. The van der Waals surface area contributed by atoms with Crippen LogP contribution in [0.25, 0.3) is 0 Å². The van der Waals surface area contributed by atoms with E-state index in [9.17, 15) is 14.3 Å². The Morgan fingerprint density at radius 2 is 1.85 bits per heavy atom. The highest BCUT2D eigenvalue weighted by molar-refractivity contribution is 6.06.